The molecule has 2 aromatic rings. The van der Waals surface area contributed by atoms with Crippen molar-refractivity contribution in [2.75, 3.05) is 5.73 Å². The second-order valence-corrected chi connectivity index (χ2v) is 4.58. The zero-order valence-corrected chi connectivity index (χ0v) is 10.5. The van der Waals surface area contributed by atoms with Crippen LogP contribution in [-0.2, 0) is 7.05 Å². The molecule has 0 aliphatic rings. The topological polar surface area (TPSA) is 56.7 Å². The van der Waals surface area contributed by atoms with E-state index in [0.29, 0.717) is 11.6 Å². The molecule has 0 atom stereocenters. The Labute approximate surface area is 95.5 Å². The third-order valence-electron chi connectivity index (χ3n) is 2.98. The molecule has 2 rings (SSSR count). The van der Waals surface area contributed by atoms with Gasteiger partial charge in [-0.05, 0) is 19.8 Å². The highest BCUT2D eigenvalue weighted by molar-refractivity contribution is 5.94. The predicted octanol–water partition coefficient (Wildman–Crippen LogP) is 2.29. The highest BCUT2D eigenvalue weighted by Gasteiger charge is 2.18. The van der Waals surface area contributed by atoms with E-state index in [1.165, 1.54) is 5.69 Å². The van der Waals surface area contributed by atoms with Crippen molar-refractivity contribution in [2.24, 2.45) is 7.05 Å². The Hall–Kier alpha value is -1.58. The third kappa shape index (κ3) is 1.37. The fourth-order valence-corrected chi connectivity index (χ4v) is 2.28. The molecule has 0 aliphatic heterocycles. The van der Waals surface area contributed by atoms with Crippen molar-refractivity contribution in [3.05, 3.63) is 17.1 Å². The zero-order valence-electron chi connectivity index (χ0n) is 10.5. The SMILES string of the molecule is Cc1nc(C)c2c(C(C)C)n(C)nc2c1N. The average Bonchev–Trinajstić information content (AvgIpc) is 2.52. The molecule has 2 aromatic heterocycles. The highest BCUT2D eigenvalue weighted by Crippen LogP contribution is 2.31. The molecule has 0 aliphatic carbocycles. The largest absolute Gasteiger partial charge is 0.395 e. The van der Waals surface area contributed by atoms with E-state index >= 15 is 0 Å². The number of rotatable bonds is 1. The van der Waals surface area contributed by atoms with Crippen molar-refractivity contribution < 1.29 is 0 Å². The van der Waals surface area contributed by atoms with Crippen molar-refractivity contribution in [2.45, 2.75) is 33.6 Å². The van der Waals surface area contributed by atoms with Gasteiger partial charge < -0.3 is 5.73 Å². The van der Waals surface area contributed by atoms with Crippen LogP contribution >= 0.6 is 0 Å². The van der Waals surface area contributed by atoms with Gasteiger partial charge in [0.25, 0.3) is 0 Å². The second kappa shape index (κ2) is 3.47. The summed E-state index contributed by atoms with van der Waals surface area (Å²) in [6.45, 7) is 8.26. The molecule has 16 heavy (non-hydrogen) atoms. The zero-order chi connectivity index (χ0) is 12.0. The number of nitrogens with zero attached hydrogens (tertiary/aromatic N) is 3. The standard InChI is InChI=1S/C12H18N4/c1-6(2)12-9-7(3)14-8(4)10(13)11(9)15-16(12)5/h6H,13H2,1-5H3. The minimum atomic E-state index is 0.414. The van der Waals surface area contributed by atoms with E-state index in [2.05, 4.69) is 23.9 Å². The molecule has 0 radical (unpaired) electrons. The van der Waals surface area contributed by atoms with E-state index in [9.17, 15) is 0 Å². The number of hydrogen-bond donors (Lipinski definition) is 1. The van der Waals surface area contributed by atoms with Gasteiger partial charge in [0.1, 0.15) is 5.52 Å². The first-order chi connectivity index (χ1) is 7.43. The van der Waals surface area contributed by atoms with Crippen LogP contribution in [0.2, 0.25) is 0 Å². The molecule has 0 bridgehead atoms. The van der Waals surface area contributed by atoms with Crippen LogP contribution in [0.5, 0.6) is 0 Å². The van der Waals surface area contributed by atoms with Crippen molar-refractivity contribution in [1.82, 2.24) is 14.8 Å². The van der Waals surface area contributed by atoms with E-state index in [0.717, 1.165) is 22.3 Å². The summed E-state index contributed by atoms with van der Waals surface area (Å²) in [6.07, 6.45) is 0. The summed E-state index contributed by atoms with van der Waals surface area (Å²) in [5.41, 5.74) is 10.7. The van der Waals surface area contributed by atoms with Crippen LogP contribution < -0.4 is 5.73 Å². The minimum absolute atomic E-state index is 0.414. The van der Waals surface area contributed by atoms with Gasteiger partial charge in [-0.15, -0.1) is 0 Å². The van der Waals surface area contributed by atoms with Crippen molar-refractivity contribution in [1.29, 1.82) is 0 Å². The first-order valence-corrected chi connectivity index (χ1v) is 5.52. The van der Waals surface area contributed by atoms with Crippen LogP contribution in [0, 0.1) is 13.8 Å². The van der Waals surface area contributed by atoms with Crippen molar-refractivity contribution in [3.8, 4) is 0 Å². The fraction of sp³-hybridized carbons (Fsp3) is 0.500. The van der Waals surface area contributed by atoms with Crippen LogP contribution in [0.15, 0.2) is 0 Å². The second-order valence-electron chi connectivity index (χ2n) is 4.58. The Morgan fingerprint density at radius 2 is 1.81 bits per heavy atom. The maximum Gasteiger partial charge on any atom is 0.119 e. The maximum absolute atomic E-state index is 6.03. The molecular formula is C12H18N4. The predicted molar refractivity (Wildman–Crippen MR) is 66.5 cm³/mol. The van der Waals surface area contributed by atoms with E-state index < -0.39 is 0 Å². The summed E-state index contributed by atoms with van der Waals surface area (Å²) >= 11 is 0. The summed E-state index contributed by atoms with van der Waals surface area (Å²) in [7, 11) is 1.96. The molecule has 0 unspecified atom stereocenters. The van der Waals surface area contributed by atoms with Gasteiger partial charge in [0.15, 0.2) is 0 Å². The summed E-state index contributed by atoms with van der Waals surface area (Å²) in [5, 5.41) is 5.62. The van der Waals surface area contributed by atoms with Crippen LogP contribution in [0.4, 0.5) is 5.69 Å². The number of nitrogen functional groups attached to an aromatic ring is 1. The van der Waals surface area contributed by atoms with Gasteiger partial charge in [0, 0.05) is 18.1 Å². The van der Waals surface area contributed by atoms with Gasteiger partial charge in [-0.2, -0.15) is 5.10 Å². The maximum atomic E-state index is 6.03. The molecule has 0 spiro atoms. The Morgan fingerprint density at radius 1 is 1.19 bits per heavy atom. The van der Waals surface area contributed by atoms with Gasteiger partial charge in [-0.25, -0.2) is 0 Å². The monoisotopic (exact) mass is 218 g/mol. The quantitative estimate of drug-likeness (QED) is 0.799. The molecule has 0 aromatic carbocycles. The number of hydrogen-bond acceptors (Lipinski definition) is 3. The lowest BCUT2D eigenvalue weighted by molar-refractivity contribution is 0.677. The molecule has 0 saturated heterocycles. The lowest BCUT2D eigenvalue weighted by Crippen LogP contribution is -2.00. The van der Waals surface area contributed by atoms with Crippen LogP contribution in [0.1, 0.15) is 36.8 Å². The summed E-state index contributed by atoms with van der Waals surface area (Å²) < 4.78 is 1.92. The van der Waals surface area contributed by atoms with Crippen molar-refractivity contribution in [3.63, 3.8) is 0 Å². The summed E-state index contributed by atoms with van der Waals surface area (Å²) in [5.74, 6) is 0.414. The Morgan fingerprint density at radius 3 is 2.38 bits per heavy atom. The fourth-order valence-electron chi connectivity index (χ4n) is 2.28. The molecule has 2 heterocycles. The van der Waals surface area contributed by atoms with E-state index in [1.807, 2.05) is 25.6 Å². The van der Waals surface area contributed by atoms with Gasteiger partial charge in [-0.1, -0.05) is 13.8 Å². The molecule has 0 fully saturated rings. The first kappa shape index (κ1) is 10.9. The summed E-state index contributed by atoms with van der Waals surface area (Å²) in [6, 6.07) is 0. The Balaban J connectivity index is 2.95. The molecule has 4 nitrogen and oxygen atoms in total. The lowest BCUT2D eigenvalue weighted by atomic mass is 10.0. The number of pyridine rings is 1. The number of nitrogens with two attached hydrogens (primary N) is 1. The summed E-state index contributed by atoms with van der Waals surface area (Å²) in [4.78, 5) is 4.48. The van der Waals surface area contributed by atoms with E-state index in [-0.39, 0.29) is 0 Å². The molecular weight excluding hydrogens is 200 g/mol. The molecule has 2 N–H and O–H groups in total. The number of aromatic nitrogens is 3. The average molecular weight is 218 g/mol. The van der Waals surface area contributed by atoms with Gasteiger partial charge >= 0.3 is 0 Å². The van der Waals surface area contributed by atoms with Gasteiger partial charge in [-0.3, -0.25) is 9.67 Å². The van der Waals surface area contributed by atoms with Crippen LogP contribution in [0.25, 0.3) is 10.9 Å². The third-order valence-corrected chi connectivity index (χ3v) is 2.98. The lowest BCUT2D eigenvalue weighted by Gasteiger charge is -2.08. The smallest absolute Gasteiger partial charge is 0.119 e. The van der Waals surface area contributed by atoms with Crippen LogP contribution in [-0.4, -0.2) is 14.8 Å². The highest BCUT2D eigenvalue weighted by atomic mass is 15.3. The number of anilines is 1. The molecule has 0 saturated carbocycles. The van der Waals surface area contributed by atoms with Crippen molar-refractivity contribution >= 4 is 16.6 Å². The Kier molecular flexibility index (Phi) is 2.37. The molecule has 86 valence electrons. The van der Waals surface area contributed by atoms with Gasteiger partial charge in [0.05, 0.1) is 17.1 Å². The molecule has 0 amide bonds. The minimum Gasteiger partial charge on any atom is -0.395 e. The number of fused-ring (bicyclic) bond motifs is 1. The normalized spacial score (nSPS) is 11.6. The van der Waals surface area contributed by atoms with E-state index in [4.69, 9.17) is 5.73 Å². The molecule has 4 heteroatoms. The van der Waals surface area contributed by atoms with Crippen LogP contribution in [0.3, 0.4) is 0 Å². The number of aryl methyl sites for hydroxylation is 3. The first-order valence-electron chi connectivity index (χ1n) is 5.52. The van der Waals surface area contributed by atoms with E-state index in [1.54, 1.807) is 0 Å². The van der Waals surface area contributed by atoms with Gasteiger partial charge in [0.2, 0.25) is 0 Å². The Bertz CT molecular complexity index is 552.